The van der Waals surface area contributed by atoms with Gasteiger partial charge in [-0.1, -0.05) is 53.6 Å². The number of carbonyl (C=O) groups excluding carboxylic acids is 5. The Hall–Kier alpha value is -5.13. The molecule has 268 valence electrons. The predicted molar refractivity (Wildman–Crippen MR) is 197 cm³/mol. The average molecular weight is 798 g/mol. The number of nitrogens with zero attached hydrogens (tertiary/aromatic N) is 2. The summed E-state index contributed by atoms with van der Waals surface area (Å²) < 4.78 is 20.0. The zero-order valence-corrected chi connectivity index (χ0v) is 30.7. The molecule has 3 fully saturated rings. The smallest absolute Gasteiger partial charge is 0.241 e. The summed E-state index contributed by atoms with van der Waals surface area (Å²) in [5, 5.41) is 10.5. The molecule has 0 aromatic heterocycles. The van der Waals surface area contributed by atoms with E-state index in [0.29, 0.717) is 26.9 Å². The van der Waals surface area contributed by atoms with Crippen molar-refractivity contribution in [2.75, 3.05) is 16.9 Å². The number of methoxy groups -OCH3 is 1. The van der Waals surface area contributed by atoms with Gasteiger partial charge in [-0.3, -0.25) is 28.9 Å². The first-order chi connectivity index (χ1) is 25.4. The zero-order valence-electron chi connectivity index (χ0n) is 28.4. The van der Waals surface area contributed by atoms with Crippen molar-refractivity contribution < 1.29 is 38.2 Å². The molecule has 2 aliphatic carbocycles. The first-order valence-corrected chi connectivity index (χ1v) is 18.2. The largest absolute Gasteiger partial charge is 0.503 e. The maximum atomic E-state index is 14.7. The Balaban J connectivity index is 1.20. The van der Waals surface area contributed by atoms with Gasteiger partial charge in [0, 0.05) is 17.0 Å². The summed E-state index contributed by atoms with van der Waals surface area (Å²) in [4.78, 5) is 73.0. The fraction of sp³-hybridized carbons (Fsp3) is 0.244. The van der Waals surface area contributed by atoms with Gasteiger partial charge in [0.25, 0.3) is 0 Å². The second kappa shape index (κ2) is 12.8. The molecule has 4 amide bonds. The van der Waals surface area contributed by atoms with Gasteiger partial charge >= 0.3 is 0 Å². The summed E-state index contributed by atoms with van der Waals surface area (Å²) in [7, 11) is 1.40. The minimum Gasteiger partial charge on any atom is -0.503 e. The number of benzene rings is 4. The van der Waals surface area contributed by atoms with E-state index >= 15 is 0 Å². The predicted octanol–water partition coefficient (Wildman–Crippen LogP) is 7.62. The highest BCUT2D eigenvalue weighted by Gasteiger charge is 2.67. The lowest BCUT2D eigenvalue weighted by atomic mass is 9.51. The molecule has 0 bridgehead atoms. The molecule has 1 saturated carbocycles. The normalized spacial score (nSPS) is 26.3. The highest BCUT2D eigenvalue weighted by molar-refractivity contribution is 9.10. The quantitative estimate of drug-likeness (QED) is 0.121. The van der Waals surface area contributed by atoms with Crippen LogP contribution in [-0.4, -0.2) is 41.6 Å². The molecule has 8 rings (SSSR count). The van der Waals surface area contributed by atoms with Crippen LogP contribution in [-0.2, 0) is 19.2 Å². The number of ether oxygens (including phenoxy) is 1. The molecule has 4 aliphatic rings. The summed E-state index contributed by atoms with van der Waals surface area (Å²) >= 11 is 9.51. The van der Waals surface area contributed by atoms with E-state index in [9.17, 15) is 33.5 Å². The summed E-state index contributed by atoms with van der Waals surface area (Å²) in [6, 6.07) is 22.1. The number of hydrogen-bond donors (Lipinski definition) is 1. The number of hydrogen-bond acceptors (Lipinski definition) is 7. The van der Waals surface area contributed by atoms with Crippen molar-refractivity contribution >= 4 is 68.3 Å². The first kappa shape index (κ1) is 34.9. The average Bonchev–Trinajstić information content (AvgIpc) is 3.53. The minimum absolute atomic E-state index is 0.101. The van der Waals surface area contributed by atoms with Crippen LogP contribution >= 0.6 is 27.5 Å². The number of carbonyl (C=O) groups is 5. The molecule has 4 aromatic carbocycles. The van der Waals surface area contributed by atoms with Crippen molar-refractivity contribution in [3.05, 3.63) is 129 Å². The summed E-state index contributed by atoms with van der Waals surface area (Å²) in [6.45, 7) is 1.72. The van der Waals surface area contributed by atoms with E-state index in [1.807, 2.05) is 12.1 Å². The van der Waals surface area contributed by atoms with E-state index in [0.717, 1.165) is 16.5 Å². The molecule has 0 radical (unpaired) electrons. The lowest BCUT2D eigenvalue weighted by Gasteiger charge is -2.49. The van der Waals surface area contributed by atoms with Gasteiger partial charge in [-0.05, 0) is 102 Å². The fourth-order valence-electron chi connectivity index (χ4n) is 8.95. The number of ketones is 1. The lowest BCUT2D eigenvalue weighted by Crippen LogP contribution is -2.48. The van der Waals surface area contributed by atoms with E-state index in [-0.39, 0.29) is 46.7 Å². The fourth-order valence-corrected chi connectivity index (χ4v) is 9.59. The van der Waals surface area contributed by atoms with Gasteiger partial charge in [0.15, 0.2) is 17.3 Å². The molecule has 0 spiro atoms. The van der Waals surface area contributed by atoms with Crippen molar-refractivity contribution in [2.24, 2.45) is 29.1 Å². The Morgan fingerprint density at radius 2 is 1.57 bits per heavy atom. The zero-order chi connectivity index (χ0) is 37.5. The maximum absolute atomic E-state index is 14.7. The van der Waals surface area contributed by atoms with Crippen molar-refractivity contribution in [1.29, 1.82) is 0 Å². The van der Waals surface area contributed by atoms with Gasteiger partial charge in [0.1, 0.15) is 5.82 Å². The Kier molecular flexibility index (Phi) is 8.42. The van der Waals surface area contributed by atoms with E-state index in [1.165, 1.54) is 24.1 Å². The molecular weight excluding hydrogens is 767 g/mol. The van der Waals surface area contributed by atoms with Crippen LogP contribution in [0.2, 0.25) is 5.02 Å². The van der Waals surface area contributed by atoms with Crippen molar-refractivity contribution in [3.63, 3.8) is 0 Å². The van der Waals surface area contributed by atoms with Crippen LogP contribution in [0.25, 0.3) is 0 Å². The molecule has 4 aromatic rings. The molecule has 12 heteroatoms. The standard InChI is InChI=1S/C41H31BrClFN2O7/c1-41-28(38(50)46(40(41)52)24-12-15-31(44)30(43)18-24)19-27-25(34(41)22-16-29(42)36(48)32(17-22)53-2)13-14-26-33(27)39(51)45(37(26)49)23-10-8-21(9-11-23)35(47)20-6-4-3-5-7-20/h3-13,15-18,26-28,33-34,48H,14,19H2,1-2H3/t26-,27+,28-,33-,34-,41+/m0/s1. The van der Waals surface area contributed by atoms with Gasteiger partial charge in [0.05, 0.1) is 51.1 Å². The number of phenols is 1. The number of rotatable bonds is 6. The van der Waals surface area contributed by atoms with E-state index in [4.69, 9.17) is 16.3 Å². The molecular formula is C41H31BrClFN2O7. The second-order valence-electron chi connectivity index (χ2n) is 14.1. The monoisotopic (exact) mass is 796 g/mol. The highest BCUT2D eigenvalue weighted by Crippen LogP contribution is 2.64. The van der Waals surface area contributed by atoms with E-state index in [1.54, 1.807) is 67.6 Å². The summed E-state index contributed by atoms with van der Waals surface area (Å²) in [5.74, 6) is -6.65. The van der Waals surface area contributed by atoms with Crippen LogP contribution < -0.4 is 14.5 Å². The molecule has 2 heterocycles. The third kappa shape index (κ3) is 5.19. The molecule has 2 aliphatic heterocycles. The number of amides is 4. The number of phenolic OH excluding ortho intramolecular Hbond substituents is 1. The highest BCUT2D eigenvalue weighted by atomic mass is 79.9. The number of imide groups is 2. The summed E-state index contributed by atoms with van der Waals surface area (Å²) in [5.41, 5.74) is 1.26. The van der Waals surface area contributed by atoms with Crippen LogP contribution in [0.4, 0.5) is 15.8 Å². The van der Waals surface area contributed by atoms with Crippen molar-refractivity contribution in [1.82, 2.24) is 0 Å². The van der Waals surface area contributed by atoms with Crippen LogP contribution in [0, 0.1) is 34.9 Å². The third-order valence-corrected chi connectivity index (χ3v) is 12.4. The second-order valence-corrected chi connectivity index (χ2v) is 15.3. The van der Waals surface area contributed by atoms with E-state index in [2.05, 4.69) is 15.9 Å². The van der Waals surface area contributed by atoms with Gasteiger partial charge in [-0.2, -0.15) is 0 Å². The number of fused-ring (bicyclic) bond motifs is 4. The van der Waals surface area contributed by atoms with Crippen LogP contribution in [0.1, 0.15) is 47.2 Å². The number of allylic oxidation sites excluding steroid dienone is 2. The molecule has 1 N–H and O–H groups in total. The molecule has 2 saturated heterocycles. The number of halogens is 3. The molecule has 0 unspecified atom stereocenters. The van der Waals surface area contributed by atoms with Gasteiger partial charge < -0.3 is 9.84 Å². The van der Waals surface area contributed by atoms with Crippen LogP contribution in [0.15, 0.2) is 101 Å². The lowest BCUT2D eigenvalue weighted by molar-refractivity contribution is -0.131. The van der Waals surface area contributed by atoms with Crippen molar-refractivity contribution in [2.45, 2.75) is 25.7 Å². The van der Waals surface area contributed by atoms with Crippen molar-refractivity contribution in [3.8, 4) is 11.5 Å². The first-order valence-electron chi connectivity index (χ1n) is 17.0. The third-order valence-electron chi connectivity index (χ3n) is 11.5. The van der Waals surface area contributed by atoms with Gasteiger partial charge in [-0.25, -0.2) is 9.29 Å². The van der Waals surface area contributed by atoms with Crippen LogP contribution in [0.5, 0.6) is 11.5 Å². The topological polar surface area (TPSA) is 121 Å². The van der Waals surface area contributed by atoms with E-state index < -0.39 is 58.5 Å². The molecule has 53 heavy (non-hydrogen) atoms. The molecule has 9 nitrogen and oxygen atoms in total. The number of aromatic hydroxyl groups is 1. The maximum Gasteiger partial charge on any atom is 0.241 e. The Morgan fingerprint density at radius 1 is 0.887 bits per heavy atom. The Bertz CT molecular complexity index is 2300. The van der Waals surface area contributed by atoms with Crippen LogP contribution in [0.3, 0.4) is 0 Å². The number of anilines is 2. The SMILES string of the molecule is COc1cc([C@H]2C3=CC[C@@H]4C(=O)N(c5ccc(C(=O)c6ccccc6)cc5)C(=O)[C@@H]4[C@@H]3C[C@H]3C(=O)N(c4ccc(F)c(Cl)c4)C(=O)[C@@]23C)cc(Br)c1O. The summed E-state index contributed by atoms with van der Waals surface area (Å²) in [6.07, 6.45) is 2.23. The van der Waals surface area contributed by atoms with Gasteiger partial charge in [0.2, 0.25) is 23.6 Å². The Morgan fingerprint density at radius 3 is 2.25 bits per heavy atom. The Labute approximate surface area is 317 Å². The van der Waals surface area contributed by atoms with Gasteiger partial charge in [-0.15, -0.1) is 0 Å². The molecule has 6 atom stereocenters. The minimum atomic E-state index is -1.39.